The number of likely N-dealkylation sites (tertiary alicyclic amines) is 1. The number of nitrogens with one attached hydrogen (secondary N) is 1. The Labute approximate surface area is 178 Å². The molecule has 4 rings (SSSR count). The van der Waals surface area contributed by atoms with Gasteiger partial charge in [0.15, 0.2) is 0 Å². The first-order valence-electron chi connectivity index (χ1n) is 10.4. The third-order valence-electron chi connectivity index (χ3n) is 6.34. The van der Waals surface area contributed by atoms with Crippen molar-refractivity contribution in [1.29, 1.82) is 0 Å². The van der Waals surface area contributed by atoms with E-state index < -0.39 is 10.0 Å². The van der Waals surface area contributed by atoms with Gasteiger partial charge in [-0.25, -0.2) is 8.42 Å². The first-order valence-corrected chi connectivity index (χ1v) is 11.9. The normalized spacial score (nSPS) is 20.6. The van der Waals surface area contributed by atoms with Crippen molar-refractivity contribution >= 4 is 21.6 Å². The van der Waals surface area contributed by atoms with Gasteiger partial charge in [-0.2, -0.15) is 0 Å². The van der Waals surface area contributed by atoms with Gasteiger partial charge in [-0.05, 0) is 62.1 Å². The Kier molecular flexibility index (Phi) is 5.59. The maximum atomic E-state index is 13.4. The summed E-state index contributed by atoms with van der Waals surface area (Å²) < 4.78 is 34.0. The standard InChI is InChI=1S/C23H28N2O4S/c1-17-7-5-9-19(13-17)24-30(27,28)21-10-6-8-18(14-21)22(26)25-16-20(29-2)15-23(25)11-3-4-12-23/h5-10,13-14,20,24H,3-4,11-12,15-16H2,1-2H3. The van der Waals surface area contributed by atoms with Crippen LogP contribution in [0.15, 0.2) is 53.4 Å². The molecule has 2 aromatic rings. The lowest BCUT2D eigenvalue weighted by Gasteiger charge is -2.34. The van der Waals surface area contributed by atoms with Gasteiger partial charge in [0.2, 0.25) is 0 Å². The molecule has 2 aromatic carbocycles. The van der Waals surface area contributed by atoms with Crippen LogP contribution in [0.5, 0.6) is 0 Å². The van der Waals surface area contributed by atoms with E-state index in [0.717, 1.165) is 37.7 Å². The molecule has 1 saturated carbocycles. The van der Waals surface area contributed by atoms with E-state index >= 15 is 0 Å². The van der Waals surface area contributed by atoms with Crippen LogP contribution in [0.25, 0.3) is 0 Å². The number of carbonyl (C=O) groups excluding carboxylic acids is 1. The van der Waals surface area contributed by atoms with E-state index in [1.165, 1.54) is 12.1 Å². The third kappa shape index (κ3) is 3.96. The molecule has 1 spiro atoms. The number of ether oxygens (including phenoxy) is 1. The number of hydrogen-bond acceptors (Lipinski definition) is 4. The van der Waals surface area contributed by atoms with Crippen molar-refractivity contribution in [3.63, 3.8) is 0 Å². The zero-order chi connectivity index (χ0) is 21.4. The van der Waals surface area contributed by atoms with E-state index in [9.17, 15) is 13.2 Å². The first kappa shape index (κ1) is 20.9. The summed E-state index contributed by atoms with van der Waals surface area (Å²) in [6.45, 7) is 2.45. The van der Waals surface area contributed by atoms with E-state index in [4.69, 9.17) is 4.74 Å². The molecule has 1 amide bonds. The van der Waals surface area contributed by atoms with Crippen molar-refractivity contribution in [3.05, 3.63) is 59.7 Å². The van der Waals surface area contributed by atoms with Crippen LogP contribution in [0.3, 0.4) is 0 Å². The van der Waals surface area contributed by atoms with E-state index in [0.29, 0.717) is 17.8 Å². The third-order valence-corrected chi connectivity index (χ3v) is 7.72. The number of nitrogens with zero attached hydrogens (tertiary/aromatic N) is 1. The van der Waals surface area contributed by atoms with Crippen LogP contribution in [0, 0.1) is 6.92 Å². The highest BCUT2D eigenvalue weighted by Gasteiger charge is 2.49. The molecule has 2 aliphatic rings. The Morgan fingerprint density at radius 2 is 1.87 bits per heavy atom. The lowest BCUT2D eigenvalue weighted by atomic mass is 9.93. The predicted molar refractivity (Wildman–Crippen MR) is 116 cm³/mol. The van der Waals surface area contributed by atoms with Crippen LogP contribution < -0.4 is 4.72 Å². The van der Waals surface area contributed by atoms with Crippen molar-refractivity contribution in [3.8, 4) is 0 Å². The molecule has 7 heteroatoms. The Bertz CT molecular complexity index is 1040. The predicted octanol–water partition coefficient (Wildman–Crippen LogP) is 3.97. The number of aryl methyl sites for hydroxylation is 1. The van der Waals surface area contributed by atoms with Crippen molar-refractivity contribution in [1.82, 2.24) is 4.90 Å². The molecule has 2 fully saturated rings. The molecule has 1 saturated heterocycles. The molecule has 30 heavy (non-hydrogen) atoms. The number of hydrogen-bond donors (Lipinski definition) is 1. The van der Waals surface area contributed by atoms with Crippen molar-refractivity contribution in [2.45, 2.75) is 55.6 Å². The van der Waals surface area contributed by atoms with Gasteiger partial charge in [-0.3, -0.25) is 9.52 Å². The summed E-state index contributed by atoms with van der Waals surface area (Å²) >= 11 is 0. The molecule has 6 nitrogen and oxygen atoms in total. The van der Waals surface area contributed by atoms with E-state index in [1.807, 2.05) is 17.9 Å². The first-order chi connectivity index (χ1) is 14.3. The molecular weight excluding hydrogens is 400 g/mol. The maximum absolute atomic E-state index is 13.4. The second-order valence-electron chi connectivity index (χ2n) is 8.41. The summed E-state index contributed by atoms with van der Waals surface area (Å²) in [6, 6.07) is 13.5. The molecule has 1 aliphatic heterocycles. The van der Waals surface area contributed by atoms with Crippen molar-refractivity contribution in [2.24, 2.45) is 0 Å². The van der Waals surface area contributed by atoms with Gasteiger partial charge in [-0.1, -0.05) is 31.0 Å². The highest BCUT2D eigenvalue weighted by molar-refractivity contribution is 7.92. The number of benzene rings is 2. The van der Waals surface area contributed by atoms with Gasteiger partial charge in [0.05, 0.1) is 11.0 Å². The molecule has 1 heterocycles. The molecule has 1 atom stereocenters. The van der Waals surface area contributed by atoms with Crippen LogP contribution in [0.2, 0.25) is 0 Å². The van der Waals surface area contributed by atoms with Crippen LogP contribution in [-0.2, 0) is 14.8 Å². The highest BCUT2D eigenvalue weighted by Crippen LogP contribution is 2.44. The zero-order valence-electron chi connectivity index (χ0n) is 17.4. The summed E-state index contributed by atoms with van der Waals surface area (Å²) in [6.07, 6.45) is 5.05. The van der Waals surface area contributed by atoms with Gasteiger partial charge in [0.25, 0.3) is 15.9 Å². The lowest BCUT2D eigenvalue weighted by Crippen LogP contribution is -2.45. The number of anilines is 1. The average molecular weight is 429 g/mol. The fourth-order valence-electron chi connectivity index (χ4n) is 4.83. The summed E-state index contributed by atoms with van der Waals surface area (Å²) in [5.74, 6) is -0.121. The minimum atomic E-state index is -3.80. The molecule has 1 aliphatic carbocycles. The van der Waals surface area contributed by atoms with E-state index in [-0.39, 0.29) is 22.4 Å². The largest absolute Gasteiger partial charge is 0.380 e. The van der Waals surface area contributed by atoms with Crippen molar-refractivity contribution in [2.75, 3.05) is 18.4 Å². The topological polar surface area (TPSA) is 75.7 Å². The Morgan fingerprint density at radius 1 is 1.13 bits per heavy atom. The van der Waals surface area contributed by atoms with E-state index in [2.05, 4.69) is 4.72 Å². The molecule has 0 aromatic heterocycles. The summed E-state index contributed by atoms with van der Waals surface area (Å²) in [5.41, 5.74) is 1.69. The molecule has 0 bridgehead atoms. The summed E-state index contributed by atoms with van der Waals surface area (Å²) in [7, 11) is -2.11. The summed E-state index contributed by atoms with van der Waals surface area (Å²) in [4.78, 5) is 15.4. The molecule has 0 radical (unpaired) electrons. The minimum Gasteiger partial charge on any atom is -0.380 e. The van der Waals surface area contributed by atoms with Gasteiger partial charge < -0.3 is 9.64 Å². The van der Waals surface area contributed by atoms with Crippen LogP contribution in [0.1, 0.15) is 48.0 Å². The Hall–Kier alpha value is -2.38. The fourth-order valence-corrected chi connectivity index (χ4v) is 5.93. The molecular formula is C23H28N2O4S. The number of sulfonamides is 1. The fraction of sp³-hybridized carbons (Fsp3) is 0.435. The average Bonchev–Trinajstić information content (AvgIpc) is 3.34. The maximum Gasteiger partial charge on any atom is 0.261 e. The van der Waals surface area contributed by atoms with Gasteiger partial charge in [0, 0.05) is 30.4 Å². The summed E-state index contributed by atoms with van der Waals surface area (Å²) in [5, 5.41) is 0. The van der Waals surface area contributed by atoms with Crippen LogP contribution >= 0.6 is 0 Å². The molecule has 160 valence electrons. The second-order valence-corrected chi connectivity index (χ2v) is 10.1. The lowest BCUT2D eigenvalue weighted by molar-refractivity contribution is 0.0588. The number of amides is 1. The number of rotatable bonds is 5. The quantitative estimate of drug-likeness (QED) is 0.782. The smallest absolute Gasteiger partial charge is 0.261 e. The van der Waals surface area contributed by atoms with Crippen LogP contribution in [-0.4, -0.2) is 44.5 Å². The monoisotopic (exact) mass is 428 g/mol. The van der Waals surface area contributed by atoms with Gasteiger partial charge >= 0.3 is 0 Å². The Balaban J connectivity index is 1.60. The Morgan fingerprint density at radius 3 is 2.57 bits per heavy atom. The number of methoxy groups -OCH3 is 1. The SMILES string of the molecule is COC1CN(C(=O)c2cccc(S(=O)(=O)Nc3cccc(C)c3)c2)C2(CCCC2)C1. The second kappa shape index (κ2) is 8.04. The number of carbonyl (C=O) groups is 1. The van der Waals surface area contributed by atoms with Crippen LogP contribution in [0.4, 0.5) is 5.69 Å². The zero-order valence-corrected chi connectivity index (χ0v) is 18.2. The highest BCUT2D eigenvalue weighted by atomic mass is 32.2. The van der Waals surface area contributed by atoms with Gasteiger partial charge in [-0.15, -0.1) is 0 Å². The van der Waals surface area contributed by atoms with Crippen molar-refractivity contribution < 1.29 is 17.9 Å². The van der Waals surface area contributed by atoms with Gasteiger partial charge in [0.1, 0.15) is 0 Å². The molecule has 1 unspecified atom stereocenters. The van der Waals surface area contributed by atoms with E-state index in [1.54, 1.807) is 37.4 Å². The minimum absolute atomic E-state index is 0.0296. The molecule has 1 N–H and O–H groups in total.